The molecule has 0 aliphatic rings. The van der Waals surface area contributed by atoms with E-state index in [9.17, 15) is 9.50 Å². The number of phenolic OH excluding ortho intramolecular Hbond substituents is 1. The Morgan fingerprint density at radius 2 is 1.74 bits per heavy atom. The molecule has 27 heavy (non-hydrogen) atoms. The van der Waals surface area contributed by atoms with Gasteiger partial charge in [0.15, 0.2) is 0 Å². The first kappa shape index (κ1) is 17.3. The molecule has 5 heteroatoms. The molecule has 0 aliphatic carbocycles. The highest BCUT2D eigenvalue weighted by molar-refractivity contribution is 14.1. The second kappa shape index (κ2) is 5.39. The highest BCUT2D eigenvalue weighted by Crippen LogP contribution is 2.46. The van der Waals surface area contributed by atoms with Gasteiger partial charge in [0, 0.05) is 22.2 Å². The van der Waals surface area contributed by atoms with Crippen molar-refractivity contribution < 1.29 is 9.50 Å². The molecule has 0 saturated carbocycles. The molecule has 2 nitrogen and oxygen atoms in total. The Morgan fingerprint density at radius 3 is 2.44 bits per heavy atom. The molecule has 5 rings (SSSR count). The Labute approximate surface area is 174 Å². The fourth-order valence-electron chi connectivity index (χ4n) is 4.03. The quantitative estimate of drug-likeness (QED) is 0.227. The Morgan fingerprint density at radius 1 is 1.00 bits per heavy atom. The molecule has 136 valence electrons. The molecule has 0 aliphatic heterocycles. The fourth-order valence-corrected chi connectivity index (χ4v) is 4.77. The average molecular weight is 492 g/mol. The predicted octanol–water partition coefficient (Wildman–Crippen LogP) is 7.24. The highest BCUT2D eigenvalue weighted by atomic mass is 127. The number of fused-ring (bicyclic) bond motifs is 6. The molecular weight excluding hydrogens is 476 g/mol. The standard InChI is InChI=1S/C22H16ClFINO/c1-22(2,3)10-4-5-17-13(6-10)19-20-12(8-16(25)21(19)27)11-7-14(23)15(24)9-18(11)26(17)20/h4-9,27H,1-3H3. The summed E-state index contributed by atoms with van der Waals surface area (Å²) in [5.74, 6) is -0.174. The van der Waals surface area contributed by atoms with E-state index in [1.54, 1.807) is 6.07 Å². The lowest BCUT2D eigenvalue weighted by Crippen LogP contribution is -2.10. The Balaban J connectivity index is 2.12. The van der Waals surface area contributed by atoms with Gasteiger partial charge >= 0.3 is 0 Å². The van der Waals surface area contributed by atoms with Crippen LogP contribution in [-0.4, -0.2) is 9.51 Å². The van der Waals surface area contributed by atoms with Crippen LogP contribution in [0.1, 0.15) is 26.3 Å². The van der Waals surface area contributed by atoms with E-state index < -0.39 is 5.82 Å². The smallest absolute Gasteiger partial charge is 0.143 e. The van der Waals surface area contributed by atoms with Gasteiger partial charge in [-0.05, 0) is 57.8 Å². The van der Waals surface area contributed by atoms with Crippen LogP contribution in [0.4, 0.5) is 4.39 Å². The van der Waals surface area contributed by atoms with Crippen molar-refractivity contribution in [3.05, 3.63) is 56.4 Å². The number of benzene rings is 3. The van der Waals surface area contributed by atoms with Gasteiger partial charge in [-0.1, -0.05) is 38.4 Å². The number of hydrogen-bond acceptors (Lipinski definition) is 1. The van der Waals surface area contributed by atoms with Crippen LogP contribution in [0.15, 0.2) is 36.4 Å². The van der Waals surface area contributed by atoms with Crippen molar-refractivity contribution >= 4 is 72.3 Å². The number of aromatic nitrogens is 1. The molecule has 0 unspecified atom stereocenters. The van der Waals surface area contributed by atoms with Crippen molar-refractivity contribution in [2.24, 2.45) is 0 Å². The summed E-state index contributed by atoms with van der Waals surface area (Å²) in [5.41, 5.74) is 3.81. The Kier molecular flexibility index (Phi) is 3.45. The third kappa shape index (κ3) is 2.23. The molecule has 0 spiro atoms. The molecule has 0 saturated heterocycles. The van der Waals surface area contributed by atoms with Gasteiger partial charge in [-0.3, -0.25) is 0 Å². The second-order valence-corrected chi connectivity index (χ2v) is 9.65. The largest absolute Gasteiger partial charge is 0.506 e. The zero-order chi connectivity index (χ0) is 19.2. The maximum Gasteiger partial charge on any atom is 0.143 e. The van der Waals surface area contributed by atoms with Gasteiger partial charge in [0.1, 0.15) is 11.6 Å². The van der Waals surface area contributed by atoms with Crippen LogP contribution in [0.2, 0.25) is 5.02 Å². The third-order valence-electron chi connectivity index (χ3n) is 5.39. The van der Waals surface area contributed by atoms with Crippen molar-refractivity contribution in [3.63, 3.8) is 0 Å². The number of phenols is 1. The molecule has 2 aromatic heterocycles. The van der Waals surface area contributed by atoms with Crippen molar-refractivity contribution in [2.45, 2.75) is 26.2 Å². The lowest BCUT2D eigenvalue weighted by Gasteiger charge is -2.19. The molecule has 1 N–H and O–H groups in total. The third-order valence-corrected chi connectivity index (χ3v) is 6.50. The van der Waals surface area contributed by atoms with Gasteiger partial charge < -0.3 is 9.51 Å². The predicted molar refractivity (Wildman–Crippen MR) is 119 cm³/mol. The van der Waals surface area contributed by atoms with Gasteiger partial charge in [0.05, 0.1) is 30.5 Å². The number of halogens is 3. The molecule has 2 heterocycles. The monoisotopic (exact) mass is 491 g/mol. The summed E-state index contributed by atoms with van der Waals surface area (Å²) < 4.78 is 17.1. The summed E-state index contributed by atoms with van der Waals surface area (Å²) in [5, 5.41) is 14.6. The molecule has 0 amide bonds. The molecule has 3 aromatic carbocycles. The first-order valence-corrected chi connectivity index (χ1v) is 10.1. The first-order valence-electron chi connectivity index (χ1n) is 8.68. The minimum absolute atomic E-state index is 0.00927. The molecule has 0 radical (unpaired) electrons. The van der Waals surface area contributed by atoms with Crippen LogP contribution in [-0.2, 0) is 5.41 Å². The van der Waals surface area contributed by atoms with Crippen molar-refractivity contribution in [1.29, 1.82) is 0 Å². The van der Waals surface area contributed by atoms with Crippen LogP contribution < -0.4 is 0 Å². The molecule has 0 bridgehead atoms. The van der Waals surface area contributed by atoms with Crippen LogP contribution in [0.5, 0.6) is 5.75 Å². The van der Waals surface area contributed by atoms with Crippen molar-refractivity contribution in [3.8, 4) is 5.75 Å². The van der Waals surface area contributed by atoms with Gasteiger partial charge in [-0.2, -0.15) is 0 Å². The van der Waals surface area contributed by atoms with Gasteiger partial charge in [0.25, 0.3) is 0 Å². The number of nitrogens with zero attached hydrogens (tertiary/aromatic N) is 1. The minimum Gasteiger partial charge on any atom is -0.506 e. The van der Waals surface area contributed by atoms with Gasteiger partial charge in [-0.25, -0.2) is 4.39 Å². The van der Waals surface area contributed by atoms with E-state index in [4.69, 9.17) is 11.6 Å². The molecule has 5 aromatic rings. The molecular formula is C22H16ClFINO. The summed E-state index contributed by atoms with van der Waals surface area (Å²) >= 11 is 8.21. The SMILES string of the molecule is CC(C)(C)c1ccc2c(c1)c1c(O)c(I)cc3c4cc(Cl)c(F)cc4n2c31. The maximum atomic E-state index is 14.3. The number of hydrogen-bond donors (Lipinski definition) is 1. The number of rotatable bonds is 0. The molecule has 0 atom stereocenters. The summed E-state index contributed by atoms with van der Waals surface area (Å²) in [7, 11) is 0. The highest BCUT2D eigenvalue weighted by Gasteiger charge is 2.24. The van der Waals surface area contributed by atoms with Gasteiger partial charge in [0.2, 0.25) is 0 Å². The topological polar surface area (TPSA) is 24.6 Å². The lowest BCUT2D eigenvalue weighted by molar-refractivity contribution is 0.478. The zero-order valence-corrected chi connectivity index (χ0v) is 17.9. The van der Waals surface area contributed by atoms with Gasteiger partial charge in [-0.15, -0.1) is 0 Å². The zero-order valence-electron chi connectivity index (χ0n) is 15.0. The fraction of sp³-hybridized carbons (Fsp3) is 0.182. The summed E-state index contributed by atoms with van der Waals surface area (Å²) in [4.78, 5) is 0. The Bertz CT molecular complexity index is 1400. The molecule has 0 fully saturated rings. The summed E-state index contributed by atoms with van der Waals surface area (Å²) in [6, 6.07) is 11.4. The average Bonchev–Trinajstić information content (AvgIpc) is 3.08. The van der Waals surface area contributed by atoms with Crippen LogP contribution in [0.3, 0.4) is 0 Å². The summed E-state index contributed by atoms with van der Waals surface area (Å²) in [6.07, 6.45) is 0. The van der Waals surface area contributed by atoms with E-state index in [1.807, 2.05) is 10.5 Å². The van der Waals surface area contributed by atoms with E-state index in [2.05, 4.69) is 61.6 Å². The summed E-state index contributed by atoms with van der Waals surface area (Å²) in [6.45, 7) is 6.50. The van der Waals surface area contributed by atoms with E-state index in [0.29, 0.717) is 0 Å². The van der Waals surface area contributed by atoms with Crippen LogP contribution >= 0.6 is 34.2 Å². The van der Waals surface area contributed by atoms with E-state index in [-0.39, 0.29) is 16.2 Å². The van der Waals surface area contributed by atoms with Crippen LogP contribution in [0, 0.1) is 9.39 Å². The van der Waals surface area contributed by atoms with Crippen molar-refractivity contribution in [2.75, 3.05) is 0 Å². The van der Waals surface area contributed by atoms with E-state index in [0.717, 1.165) is 41.7 Å². The maximum absolute atomic E-state index is 14.3. The lowest BCUT2D eigenvalue weighted by atomic mass is 9.86. The van der Waals surface area contributed by atoms with Crippen molar-refractivity contribution in [1.82, 2.24) is 4.40 Å². The number of aromatic hydroxyl groups is 1. The first-order chi connectivity index (χ1) is 12.7. The normalized spacial score (nSPS) is 13.0. The second-order valence-electron chi connectivity index (χ2n) is 8.08. The minimum atomic E-state index is -0.441. The van der Waals surface area contributed by atoms with E-state index in [1.165, 1.54) is 11.6 Å². The van der Waals surface area contributed by atoms with Crippen LogP contribution in [0.25, 0.3) is 38.1 Å². The Hall–Kier alpha value is -1.79. The van der Waals surface area contributed by atoms with E-state index >= 15 is 0 Å².